The Balaban J connectivity index is 2.46. The van der Waals surface area contributed by atoms with Crippen LogP contribution in [0.4, 0.5) is 15.9 Å². The van der Waals surface area contributed by atoms with Crippen molar-refractivity contribution in [2.75, 3.05) is 10.5 Å². The number of aromatic nitrogens is 2. The molecule has 2 aromatic rings. The zero-order valence-electron chi connectivity index (χ0n) is 9.76. The van der Waals surface area contributed by atoms with Crippen molar-refractivity contribution in [1.82, 2.24) is 9.78 Å². The average molecular weight is 305 g/mol. The Kier molecular flexibility index (Phi) is 3.38. The minimum absolute atomic E-state index is 0.249. The van der Waals surface area contributed by atoms with E-state index in [0.29, 0.717) is 0 Å². The molecule has 1 heterocycles. The number of halogens is 2. The number of nitrogens with one attached hydrogen (secondary N) is 1. The zero-order valence-corrected chi connectivity index (χ0v) is 11.3. The predicted octanol–water partition coefficient (Wildman–Crippen LogP) is 1.60. The lowest BCUT2D eigenvalue weighted by atomic mass is 10.3. The second kappa shape index (κ2) is 4.71. The highest BCUT2D eigenvalue weighted by Crippen LogP contribution is 2.27. The molecule has 0 atom stereocenters. The van der Waals surface area contributed by atoms with E-state index in [1.165, 1.54) is 16.9 Å². The lowest BCUT2D eigenvalue weighted by molar-refractivity contribution is 0.599. The number of anilines is 2. The molecular weight excluding hydrogens is 295 g/mol. The molecule has 0 bridgehead atoms. The summed E-state index contributed by atoms with van der Waals surface area (Å²) in [5.74, 6) is -0.525. The molecule has 0 aliphatic rings. The lowest BCUT2D eigenvalue weighted by Gasteiger charge is -2.10. The van der Waals surface area contributed by atoms with Crippen LogP contribution >= 0.6 is 11.6 Å². The Morgan fingerprint density at radius 3 is 2.74 bits per heavy atom. The number of rotatable bonds is 3. The third kappa shape index (κ3) is 2.64. The van der Waals surface area contributed by atoms with Gasteiger partial charge in [-0.2, -0.15) is 5.10 Å². The van der Waals surface area contributed by atoms with Crippen LogP contribution in [0, 0.1) is 5.82 Å². The first kappa shape index (κ1) is 13.6. The average Bonchev–Trinajstić information content (AvgIpc) is 2.69. The summed E-state index contributed by atoms with van der Waals surface area (Å²) in [7, 11) is -2.40. The van der Waals surface area contributed by atoms with Gasteiger partial charge in [0.15, 0.2) is 0 Å². The molecule has 0 spiro atoms. The summed E-state index contributed by atoms with van der Waals surface area (Å²) >= 11 is 5.73. The molecule has 0 radical (unpaired) electrons. The third-order valence-electron chi connectivity index (χ3n) is 2.40. The van der Waals surface area contributed by atoms with Crippen LogP contribution in [0.5, 0.6) is 0 Å². The molecule has 19 heavy (non-hydrogen) atoms. The van der Waals surface area contributed by atoms with E-state index in [1.807, 2.05) is 0 Å². The number of benzene rings is 1. The topological polar surface area (TPSA) is 90.0 Å². The van der Waals surface area contributed by atoms with Gasteiger partial charge in [0.2, 0.25) is 0 Å². The first-order valence-corrected chi connectivity index (χ1v) is 6.93. The van der Waals surface area contributed by atoms with Gasteiger partial charge in [-0.25, -0.2) is 12.8 Å². The van der Waals surface area contributed by atoms with Gasteiger partial charge in [0.25, 0.3) is 10.0 Å². The van der Waals surface area contributed by atoms with Crippen LogP contribution in [0.1, 0.15) is 0 Å². The van der Waals surface area contributed by atoms with Gasteiger partial charge in [0.1, 0.15) is 16.5 Å². The van der Waals surface area contributed by atoms with E-state index in [9.17, 15) is 12.8 Å². The van der Waals surface area contributed by atoms with Crippen LogP contribution in [0.15, 0.2) is 29.3 Å². The third-order valence-corrected chi connectivity index (χ3v) is 4.22. The summed E-state index contributed by atoms with van der Waals surface area (Å²) in [5, 5.41) is 3.57. The highest BCUT2D eigenvalue weighted by Gasteiger charge is 2.21. The van der Waals surface area contributed by atoms with Gasteiger partial charge in [0, 0.05) is 13.1 Å². The highest BCUT2D eigenvalue weighted by atomic mass is 35.5. The van der Waals surface area contributed by atoms with Crippen molar-refractivity contribution < 1.29 is 12.8 Å². The lowest BCUT2D eigenvalue weighted by Crippen LogP contribution is -2.16. The minimum atomic E-state index is -3.97. The van der Waals surface area contributed by atoms with Crippen LogP contribution in [-0.2, 0) is 17.1 Å². The molecule has 0 fully saturated rings. The van der Waals surface area contributed by atoms with E-state index in [4.69, 9.17) is 17.3 Å². The number of hydrogen-bond acceptors (Lipinski definition) is 4. The SMILES string of the molecule is Cn1nccc1NS(=O)(=O)c1cc(N)c(F)cc1Cl. The number of nitrogens with zero attached hydrogens (tertiary/aromatic N) is 2. The maximum atomic E-state index is 13.2. The molecule has 0 amide bonds. The van der Waals surface area contributed by atoms with Crippen LogP contribution in [0.3, 0.4) is 0 Å². The largest absolute Gasteiger partial charge is 0.396 e. The molecular formula is C10H10ClFN4O2S. The van der Waals surface area contributed by atoms with Crippen molar-refractivity contribution in [2.24, 2.45) is 7.05 Å². The number of nitrogen functional groups attached to an aromatic ring is 1. The second-order valence-electron chi connectivity index (χ2n) is 3.75. The van der Waals surface area contributed by atoms with Crippen molar-refractivity contribution in [3.63, 3.8) is 0 Å². The number of nitrogens with two attached hydrogens (primary N) is 1. The van der Waals surface area contributed by atoms with E-state index >= 15 is 0 Å². The molecule has 9 heteroatoms. The van der Waals surface area contributed by atoms with E-state index in [1.54, 1.807) is 7.05 Å². The number of aryl methyl sites for hydroxylation is 1. The van der Waals surface area contributed by atoms with Crippen molar-refractivity contribution in [1.29, 1.82) is 0 Å². The molecule has 0 aliphatic heterocycles. The van der Waals surface area contributed by atoms with Crippen molar-refractivity contribution in [2.45, 2.75) is 4.90 Å². The first-order chi connectivity index (χ1) is 8.81. The highest BCUT2D eigenvalue weighted by molar-refractivity contribution is 7.92. The Morgan fingerprint density at radius 1 is 1.47 bits per heavy atom. The molecule has 1 aromatic heterocycles. The van der Waals surface area contributed by atoms with Gasteiger partial charge in [-0.3, -0.25) is 9.40 Å². The first-order valence-electron chi connectivity index (χ1n) is 5.06. The fraction of sp³-hybridized carbons (Fsp3) is 0.100. The smallest absolute Gasteiger partial charge is 0.264 e. The fourth-order valence-electron chi connectivity index (χ4n) is 1.42. The Morgan fingerprint density at radius 2 is 2.16 bits per heavy atom. The van der Waals surface area contributed by atoms with Crippen LogP contribution in [0.25, 0.3) is 0 Å². The molecule has 6 nitrogen and oxygen atoms in total. The van der Waals surface area contributed by atoms with Crippen molar-refractivity contribution in [3.8, 4) is 0 Å². The second-order valence-corrected chi connectivity index (χ2v) is 5.81. The van der Waals surface area contributed by atoms with E-state index < -0.39 is 15.8 Å². The Bertz CT molecular complexity index is 729. The summed E-state index contributed by atoms with van der Waals surface area (Å²) in [6, 6.07) is 3.30. The Labute approximate surface area is 114 Å². The molecule has 0 saturated carbocycles. The summed E-state index contributed by atoms with van der Waals surface area (Å²) < 4.78 is 41.0. The molecule has 0 unspecified atom stereocenters. The predicted molar refractivity (Wildman–Crippen MR) is 69.8 cm³/mol. The van der Waals surface area contributed by atoms with E-state index in [-0.39, 0.29) is 21.4 Å². The maximum Gasteiger partial charge on any atom is 0.264 e. The zero-order chi connectivity index (χ0) is 14.2. The normalized spacial score (nSPS) is 11.5. The van der Waals surface area contributed by atoms with Gasteiger partial charge >= 0.3 is 0 Å². The fourth-order valence-corrected chi connectivity index (χ4v) is 3.06. The molecule has 1 aromatic carbocycles. The van der Waals surface area contributed by atoms with Crippen LogP contribution < -0.4 is 10.5 Å². The quantitative estimate of drug-likeness (QED) is 0.843. The van der Waals surface area contributed by atoms with Gasteiger partial charge < -0.3 is 5.73 Å². The summed E-state index contributed by atoms with van der Waals surface area (Å²) in [6.45, 7) is 0. The number of hydrogen-bond donors (Lipinski definition) is 2. The van der Waals surface area contributed by atoms with Gasteiger partial charge in [0.05, 0.1) is 16.9 Å². The molecule has 2 rings (SSSR count). The molecule has 0 saturated heterocycles. The minimum Gasteiger partial charge on any atom is -0.396 e. The molecule has 102 valence electrons. The van der Waals surface area contributed by atoms with E-state index in [0.717, 1.165) is 12.1 Å². The Hall–Kier alpha value is -1.80. The van der Waals surface area contributed by atoms with Crippen molar-refractivity contribution >= 4 is 33.1 Å². The van der Waals surface area contributed by atoms with Crippen molar-refractivity contribution in [3.05, 3.63) is 35.2 Å². The molecule has 3 N–H and O–H groups in total. The summed E-state index contributed by atoms with van der Waals surface area (Å²) in [4.78, 5) is -0.297. The van der Waals surface area contributed by atoms with Gasteiger partial charge in [-0.15, -0.1) is 0 Å². The monoisotopic (exact) mass is 304 g/mol. The standard InChI is InChI=1S/C10H10ClFN4O2S/c1-16-10(2-3-14-16)15-19(17,18)9-5-8(13)7(12)4-6(9)11/h2-5,15H,13H2,1H3. The summed E-state index contributed by atoms with van der Waals surface area (Å²) in [6.07, 6.45) is 1.43. The van der Waals surface area contributed by atoms with E-state index in [2.05, 4.69) is 9.82 Å². The van der Waals surface area contributed by atoms with Crippen LogP contribution in [-0.4, -0.2) is 18.2 Å². The van der Waals surface area contributed by atoms with Gasteiger partial charge in [-0.05, 0) is 12.1 Å². The maximum absolute atomic E-state index is 13.2. The molecule has 0 aliphatic carbocycles. The van der Waals surface area contributed by atoms with Crippen LogP contribution in [0.2, 0.25) is 5.02 Å². The summed E-state index contributed by atoms with van der Waals surface area (Å²) in [5.41, 5.74) is 5.05. The van der Waals surface area contributed by atoms with Gasteiger partial charge in [-0.1, -0.05) is 11.6 Å². The number of sulfonamides is 1.